The molecule has 1 unspecified atom stereocenters. The summed E-state index contributed by atoms with van der Waals surface area (Å²) in [6.45, 7) is 5.85. The molecule has 1 saturated heterocycles. The Morgan fingerprint density at radius 2 is 2.30 bits per heavy atom. The maximum atomic E-state index is 12.4. The summed E-state index contributed by atoms with van der Waals surface area (Å²) in [6, 6.07) is 3.36. The van der Waals surface area contributed by atoms with Gasteiger partial charge in [-0.15, -0.1) is 0 Å². The summed E-state index contributed by atoms with van der Waals surface area (Å²) in [5.41, 5.74) is 0.660. The number of aromatic amines is 1. The van der Waals surface area contributed by atoms with E-state index < -0.39 is 0 Å². The van der Waals surface area contributed by atoms with Crippen molar-refractivity contribution < 1.29 is 9.53 Å². The fraction of sp³-hybridized carbons (Fsp3) is 0.600. The van der Waals surface area contributed by atoms with Crippen LogP contribution in [-0.4, -0.2) is 41.6 Å². The van der Waals surface area contributed by atoms with Gasteiger partial charge in [-0.1, -0.05) is 6.92 Å². The van der Waals surface area contributed by atoms with Crippen molar-refractivity contribution in [2.75, 3.05) is 19.7 Å². The molecule has 1 aliphatic heterocycles. The third-order valence-electron chi connectivity index (χ3n) is 3.51. The van der Waals surface area contributed by atoms with E-state index in [1.165, 1.54) is 0 Å². The first kappa shape index (κ1) is 14.8. The van der Waals surface area contributed by atoms with E-state index in [9.17, 15) is 9.59 Å². The number of rotatable bonds is 4. The lowest BCUT2D eigenvalue weighted by Crippen LogP contribution is -2.44. The Labute approximate surface area is 118 Å². The molecule has 0 saturated carbocycles. The van der Waals surface area contributed by atoms with Crippen molar-refractivity contribution >= 4 is 5.91 Å². The van der Waals surface area contributed by atoms with Crippen molar-refractivity contribution in [1.29, 1.82) is 0 Å². The van der Waals surface area contributed by atoms with Gasteiger partial charge in [0, 0.05) is 25.4 Å². The number of nitrogens with zero attached hydrogens (tertiary/aromatic N) is 1. The van der Waals surface area contributed by atoms with Crippen LogP contribution in [0.2, 0.25) is 0 Å². The second-order valence-corrected chi connectivity index (χ2v) is 5.27. The van der Waals surface area contributed by atoms with Gasteiger partial charge in [0.05, 0.1) is 6.10 Å². The zero-order chi connectivity index (χ0) is 14.5. The van der Waals surface area contributed by atoms with Gasteiger partial charge in [-0.05, 0) is 38.3 Å². The smallest absolute Gasteiger partial charge is 0.260 e. The predicted molar refractivity (Wildman–Crippen MR) is 77.0 cm³/mol. The molecule has 0 aromatic carbocycles. The fourth-order valence-electron chi connectivity index (χ4n) is 2.45. The number of piperidine rings is 1. The zero-order valence-electron chi connectivity index (χ0n) is 12.1. The number of likely N-dealkylation sites (tertiary alicyclic amines) is 1. The number of pyridine rings is 1. The summed E-state index contributed by atoms with van der Waals surface area (Å²) in [5, 5.41) is 0. The van der Waals surface area contributed by atoms with E-state index in [0.717, 1.165) is 31.6 Å². The Balaban J connectivity index is 2.06. The lowest BCUT2D eigenvalue weighted by molar-refractivity contribution is 0.00205. The monoisotopic (exact) mass is 278 g/mol. The highest BCUT2D eigenvalue weighted by molar-refractivity contribution is 5.93. The number of hydrogen-bond acceptors (Lipinski definition) is 3. The van der Waals surface area contributed by atoms with Crippen LogP contribution in [0.4, 0.5) is 0 Å². The first-order valence-corrected chi connectivity index (χ1v) is 7.22. The molecule has 0 aliphatic carbocycles. The Bertz CT molecular complexity index is 524. The minimum atomic E-state index is -0.313. The normalized spacial score (nSPS) is 19.1. The van der Waals surface area contributed by atoms with Crippen LogP contribution in [0.15, 0.2) is 16.9 Å². The Morgan fingerprint density at radius 1 is 1.50 bits per heavy atom. The minimum absolute atomic E-state index is 0.0946. The molecule has 5 heteroatoms. The van der Waals surface area contributed by atoms with E-state index in [-0.39, 0.29) is 23.1 Å². The molecule has 20 heavy (non-hydrogen) atoms. The van der Waals surface area contributed by atoms with E-state index in [0.29, 0.717) is 13.1 Å². The quantitative estimate of drug-likeness (QED) is 0.912. The van der Waals surface area contributed by atoms with Crippen molar-refractivity contribution in [3.8, 4) is 0 Å². The molecular formula is C15H22N2O3. The molecule has 2 rings (SSSR count). The average molecular weight is 278 g/mol. The lowest BCUT2D eigenvalue weighted by Gasteiger charge is -2.32. The maximum absolute atomic E-state index is 12.4. The molecule has 1 fully saturated rings. The largest absolute Gasteiger partial charge is 0.376 e. The Hall–Kier alpha value is -1.62. The first-order valence-electron chi connectivity index (χ1n) is 7.22. The number of ether oxygens (including phenoxy) is 1. The van der Waals surface area contributed by atoms with Crippen molar-refractivity contribution in [3.63, 3.8) is 0 Å². The van der Waals surface area contributed by atoms with E-state index in [1.54, 1.807) is 24.0 Å². The van der Waals surface area contributed by atoms with Crippen LogP contribution in [0.25, 0.3) is 0 Å². The van der Waals surface area contributed by atoms with Crippen LogP contribution < -0.4 is 5.56 Å². The van der Waals surface area contributed by atoms with Gasteiger partial charge in [0.15, 0.2) is 0 Å². The van der Waals surface area contributed by atoms with Crippen LogP contribution in [0.1, 0.15) is 42.2 Å². The highest BCUT2D eigenvalue weighted by atomic mass is 16.5. The van der Waals surface area contributed by atoms with Crippen molar-refractivity contribution in [1.82, 2.24) is 9.88 Å². The van der Waals surface area contributed by atoms with E-state index >= 15 is 0 Å². The van der Waals surface area contributed by atoms with Crippen molar-refractivity contribution in [3.05, 3.63) is 33.7 Å². The molecule has 5 nitrogen and oxygen atoms in total. The van der Waals surface area contributed by atoms with Gasteiger partial charge >= 0.3 is 0 Å². The second-order valence-electron chi connectivity index (χ2n) is 5.27. The molecule has 0 radical (unpaired) electrons. The number of aryl methyl sites for hydroxylation is 1. The minimum Gasteiger partial charge on any atom is -0.376 e. The third-order valence-corrected chi connectivity index (χ3v) is 3.51. The predicted octanol–water partition coefficient (Wildman–Crippen LogP) is 1.71. The maximum Gasteiger partial charge on any atom is 0.260 e. The van der Waals surface area contributed by atoms with E-state index in [4.69, 9.17) is 4.74 Å². The van der Waals surface area contributed by atoms with Gasteiger partial charge in [-0.2, -0.15) is 0 Å². The highest BCUT2D eigenvalue weighted by Crippen LogP contribution is 2.15. The number of hydrogen-bond donors (Lipinski definition) is 1. The third kappa shape index (κ3) is 3.48. The number of carbonyl (C=O) groups excluding carboxylic acids is 1. The standard InChI is InChI=1S/C15H22N2O3/c1-3-9-20-12-5-4-8-17(10-12)15(19)13-7-6-11(2)16-14(13)18/h6-7,12H,3-5,8-10H2,1-2H3,(H,16,18). The number of aromatic nitrogens is 1. The number of carbonyl (C=O) groups is 1. The van der Waals surface area contributed by atoms with Crippen LogP contribution in [0.3, 0.4) is 0 Å². The van der Waals surface area contributed by atoms with Crippen LogP contribution in [-0.2, 0) is 4.74 Å². The average Bonchev–Trinajstić information content (AvgIpc) is 2.45. The Morgan fingerprint density at radius 3 is 3.00 bits per heavy atom. The van der Waals surface area contributed by atoms with Crippen molar-refractivity contribution in [2.45, 2.75) is 39.2 Å². The molecule has 1 atom stereocenters. The number of nitrogens with one attached hydrogen (secondary N) is 1. The molecular weight excluding hydrogens is 256 g/mol. The van der Waals surface area contributed by atoms with Gasteiger partial charge in [0.25, 0.3) is 11.5 Å². The zero-order valence-corrected chi connectivity index (χ0v) is 12.1. The molecule has 0 bridgehead atoms. The number of H-pyrrole nitrogens is 1. The number of amides is 1. The summed E-state index contributed by atoms with van der Waals surface area (Å²) in [6.07, 6.45) is 2.97. The fourth-order valence-corrected chi connectivity index (χ4v) is 2.45. The topological polar surface area (TPSA) is 62.4 Å². The lowest BCUT2D eigenvalue weighted by atomic mass is 10.1. The first-order chi connectivity index (χ1) is 9.61. The second kappa shape index (κ2) is 6.70. The van der Waals surface area contributed by atoms with Crippen LogP contribution >= 0.6 is 0 Å². The van der Waals surface area contributed by atoms with Gasteiger partial charge < -0.3 is 14.6 Å². The molecule has 2 heterocycles. The SMILES string of the molecule is CCCOC1CCCN(C(=O)c2ccc(C)[nH]c2=O)C1. The summed E-state index contributed by atoms with van der Waals surface area (Å²) in [4.78, 5) is 28.6. The van der Waals surface area contributed by atoms with Crippen LogP contribution in [0, 0.1) is 6.92 Å². The van der Waals surface area contributed by atoms with Gasteiger partial charge in [-0.3, -0.25) is 9.59 Å². The molecule has 1 N–H and O–H groups in total. The van der Waals surface area contributed by atoms with Gasteiger partial charge in [0.2, 0.25) is 0 Å². The highest BCUT2D eigenvalue weighted by Gasteiger charge is 2.26. The van der Waals surface area contributed by atoms with Gasteiger partial charge in [-0.25, -0.2) is 0 Å². The summed E-state index contributed by atoms with van der Waals surface area (Å²) in [7, 11) is 0. The van der Waals surface area contributed by atoms with E-state index in [1.807, 2.05) is 0 Å². The van der Waals surface area contributed by atoms with E-state index in [2.05, 4.69) is 11.9 Å². The summed E-state index contributed by atoms with van der Waals surface area (Å²) >= 11 is 0. The summed E-state index contributed by atoms with van der Waals surface area (Å²) in [5.74, 6) is -0.198. The van der Waals surface area contributed by atoms with Gasteiger partial charge in [0.1, 0.15) is 5.56 Å². The molecule has 1 aromatic rings. The molecule has 1 aliphatic rings. The van der Waals surface area contributed by atoms with Crippen molar-refractivity contribution in [2.24, 2.45) is 0 Å². The summed E-state index contributed by atoms with van der Waals surface area (Å²) < 4.78 is 5.72. The molecule has 0 spiro atoms. The molecule has 1 aromatic heterocycles. The molecule has 1 amide bonds. The Kier molecular flexibility index (Phi) is 4.95. The van der Waals surface area contributed by atoms with Crippen LogP contribution in [0.5, 0.6) is 0 Å². The molecule has 110 valence electrons.